The van der Waals surface area contributed by atoms with Crippen molar-refractivity contribution in [2.24, 2.45) is 0 Å². The van der Waals surface area contributed by atoms with Gasteiger partial charge in [-0.2, -0.15) is 0 Å². The van der Waals surface area contributed by atoms with Crippen molar-refractivity contribution >= 4 is 28.5 Å². The highest BCUT2D eigenvalue weighted by molar-refractivity contribution is 6.09. The quantitative estimate of drug-likeness (QED) is 0.382. The number of hydrogen-bond acceptors (Lipinski definition) is 3. The molecule has 0 fully saturated rings. The van der Waals surface area contributed by atoms with E-state index in [0.29, 0.717) is 12.1 Å². The molecule has 3 aromatic carbocycles. The van der Waals surface area contributed by atoms with Gasteiger partial charge < -0.3 is 14.6 Å². The molecule has 0 saturated heterocycles. The normalized spacial score (nSPS) is 17.4. The maximum atomic E-state index is 14.1. The molecule has 5 heteroatoms. The average Bonchev–Trinajstić information content (AvgIpc) is 3.36. The smallest absolute Gasteiger partial charge is 0.339 e. The van der Waals surface area contributed by atoms with E-state index >= 15 is 0 Å². The highest BCUT2D eigenvalue weighted by Gasteiger charge is 2.54. The van der Waals surface area contributed by atoms with Gasteiger partial charge in [0.25, 0.3) is 5.91 Å². The van der Waals surface area contributed by atoms with Crippen molar-refractivity contribution in [2.45, 2.75) is 31.8 Å². The van der Waals surface area contributed by atoms with Crippen molar-refractivity contribution < 1.29 is 14.3 Å². The molecule has 0 radical (unpaired) electrons. The Morgan fingerprint density at radius 1 is 0.970 bits per heavy atom. The van der Waals surface area contributed by atoms with Gasteiger partial charge in [0.1, 0.15) is 0 Å². The van der Waals surface area contributed by atoms with Crippen LogP contribution in [0.25, 0.3) is 10.9 Å². The number of fused-ring (bicyclic) bond motifs is 2. The molecule has 0 spiro atoms. The van der Waals surface area contributed by atoms with Crippen LogP contribution in [0.15, 0.2) is 85.1 Å². The third-order valence-corrected chi connectivity index (χ3v) is 6.35. The van der Waals surface area contributed by atoms with Crippen molar-refractivity contribution in [3.8, 4) is 0 Å². The minimum Gasteiger partial charge on any atom is -0.440 e. The monoisotopic (exact) mass is 438 g/mol. The largest absolute Gasteiger partial charge is 0.440 e. The summed E-state index contributed by atoms with van der Waals surface area (Å²) in [5, 5.41) is 1.02. The molecule has 0 saturated carbocycles. The number of esters is 1. The second-order valence-corrected chi connectivity index (χ2v) is 8.45. The van der Waals surface area contributed by atoms with Gasteiger partial charge in [-0.15, -0.1) is 0 Å². The molecular formula is C28H26N2O3. The number of carbonyl (C=O) groups excluding carboxylic acids is 2. The molecule has 4 aromatic rings. The van der Waals surface area contributed by atoms with Crippen LogP contribution in [0, 0.1) is 0 Å². The molecular weight excluding hydrogens is 412 g/mol. The number of H-pyrrole nitrogens is 1. The summed E-state index contributed by atoms with van der Waals surface area (Å²) in [5.74, 6) is -0.692. The summed E-state index contributed by atoms with van der Waals surface area (Å²) in [5.41, 5.74) is 2.47. The van der Waals surface area contributed by atoms with Gasteiger partial charge in [-0.05, 0) is 36.2 Å². The molecule has 1 atom stereocenters. The average molecular weight is 439 g/mol. The van der Waals surface area contributed by atoms with E-state index in [0.717, 1.165) is 40.6 Å². The standard InChI is InChI=1S/C28H26N2O3/c1-2-3-17-30-25-16-10-8-14-23(25)28(27(30)32,33-26(31)20-11-5-4-6-12-20)18-21-19-29-24-15-9-7-13-22(21)24/h4-16,19,29H,2-3,17-18H2,1H3. The van der Waals surface area contributed by atoms with Gasteiger partial charge in [0.2, 0.25) is 5.60 Å². The van der Waals surface area contributed by atoms with Crippen LogP contribution in [0.2, 0.25) is 0 Å². The summed E-state index contributed by atoms with van der Waals surface area (Å²) in [6.45, 7) is 2.69. The molecule has 1 aromatic heterocycles. The SMILES string of the molecule is CCCCN1C(=O)C(Cc2c[nH]c3ccccc23)(OC(=O)c2ccccc2)c2ccccc21. The Hall–Kier alpha value is -3.86. The third-order valence-electron chi connectivity index (χ3n) is 6.35. The molecule has 1 aliphatic heterocycles. The van der Waals surface area contributed by atoms with Crippen LogP contribution in [0.1, 0.15) is 41.3 Å². The van der Waals surface area contributed by atoms with Crippen LogP contribution in [0.4, 0.5) is 5.69 Å². The predicted octanol–water partition coefficient (Wildman–Crippen LogP) is 5.61. The number of amides is 1. The fourth-order valence-corrected chi connectivity index (χ4v) is 4.67. The number of unbranched alkanes of at least 4 members (excludes halogenated alkanes) is 1. The summed E-state index contributed by atoms with van der Waals surface area (Å²) >= 11 is 0. The summed E-state index contributed by atoms with van der Waals surface area (Å²) in [4.78, 5) is 32.4. The number of rotatable bonds is 7. The zero-order valence-electron chi connectivity index (χ0n) is 18.6. The van der Waals surface area contributed by atoms with Crippen LogP contribution in [-0.2, 0) is 21.6 Å². The van der Waals surface area contributed by atoms with Gasteiger partial charge in [-0.3, -0.25) is 4.79 Å². The number of hydrogen-bond donors (Lipinski definition) is 1. The van der Waals surface area contributed by atoms with E-state index in [1.807, 2.05) is 60.8 Å². The molecule has 0 aliphatic carbocycles. The summed E-state index contributed by atoms with van der Waals surface area (Å²) in [6.07, 6.45) is 4.00. The Bertz CT molecular complexity index is 1310. The van der Waals surface area contributed by atoms with E-state index in [1.54, 1.807) is 29.2 Å². The van der Waals surface area contributed by atoms with E-state index in [-0.39, 0.29) is 12.3 Å². The Morgan fingerprint density at radius 2 is 1.70 bits per heavy atom. The number of aromatic nitrogens is 1. The number of ether oxygens (including phenoxy) is 1. The van der Waals surface area contributed by atoms with Gasteiger partial charge in [0.05, 0.1) is 11.3 Å². The van der Waals surface area contributed by atoms with Crippen molar-refractivity contribution in [3.63, 3.8) is 0 Å². The number of para-hydroxylation sites is 2. The molecule has 166 valence electrons. The Morgan fingerprint density at radius 3 is 2.52 bits per heavy atom. The molecule has 1 amide bonds. The maximum absolute atomic E-state index is 14.1. The predicted molar refractivity (Wildman–Crippen MR) is 129 cm³/mol. The lowest BCUT2D eigenvalue weighted by Crippen LogP contribution is -2.45. The molecule has 1 aliphatic rings. The van der Waals surface area contributed by atoms with E-state index in [2.05, 4.69) is 11.9 Å². The van der Waals surface area contributed by atoms with Gasteiger partial charge in [0, 0.05) is 35.6 Å². The van der Waals surface area contributed by atoms with Crippen molar-refractivity contribution in [2.75, 3.05) is 11.4 Å². The minimum atomic E-state index is -1.43. The number of anilines is 1. The lowest BCUT2D eigenvalue weighted by molar-refractivity contribution is -0.137. The molecule has 33 heavy (non-hydrogen) atoms. The van der Waals surface area contributed by atoms with Crippen LogP contribution in [0.5, 0.6) is 0 Å². The Kier molecular flexibility index (Phi) is 5.47. The fourth-order valence-electron chi connectivity index (χ4n) is 4.67. The number of aromatic amines is 1. The third kappa shape index (κ3) is 3.59. The minimum absolute atomic E-state index is 0.188. The highest BCUT2D eigenvalue weighted by Crippen LogP contribution is 2.46. The zero-order valence-corrected chi connectivity index (χ0v) is 18.6. The van der Waals surface area contributed by atoms with Crippen LogP contribution in [-0.4, -0.2) is 23.4 Å². The van der Waals surface area contributed by atoms with E-state index in [1.165, 1.54) is 0 Å². The number of benzene rings is 3. The first-order valence-corrected chi connectivity index (χ1v) is 11.4. The first kappa shape index (κ1) is 21.0. The van der Waals surface area contributed by atoms with Gasteiger partial charge in [0.15, 0.2) is 0 Å². The van der Waals surface area contributed by atoms with E-state index < -0.39 is 11.6 Å². The van der Waals surface area contributed by atoms with Gasteiger partial charge in [-0.1, -0.05) is 67.9 Å². The summed E-state index contributed by atoms with van der Waals surface area (Å²) in [7, 11) is 0. The van der Waals surface area contributed by atoms with Crippen molar-refractivity contribution in [3.05, 3.63) is 102 Å². The van der Waals surface area contributed by atoms with Crippen LogP contribution >= 0.6 is 0 Å². The van der Waals surface area contributed by atoms with Gasteiger partial charge in [-0.25, -0.2) is 4.79 Å². The molecule has 5 rings (SSSR count). The second-order valence-electron chi connectivity index (χ2n) is 8.45. The Labute approximate surface area is 193 Å². The summed E-state index contributed by atoms with van der Waals surface area (Å²) in [6, 6.07) is 24.5. The first-order chi connectivity index (χ1) is 16.1. The number of carbonyl (C=O) groups is 2. The lowest BCUT2D eigenvalue weighted by atomic mass is 9.87. The topological polar surface area (TPSA) is 62.4 Å². The molecule has 2 heterocycles. The lowest BCUT2D eigenvalue weighted by Gasteiger charge is -2.29. The maximum Gasteiger partial charge on any atom is 0.339 e. The van der Waals surface area contributed by atoms with E-state index in [9.17, 15) is 9.59 Å². The molecule has 0 bridgehead atoms. The fraction of sp³-hybridized carbons (Fsp3) is 0.214. The highest BCUT2D eigenvalue weighted by atomic mass is 16.6. The molecule has 1 unspecified atom stereocenters. The molecule has 1 N–H and O–H groups in total. The van der Waals surface area contributed by atoms with Crippen molar-refractivity contribution in [1.82, 2.24) is 4.98 Å². The van der Waals surface area contributed by atoms with Gasteiger partial charge >= 0.3 is 5.97 Å². The van der Waals surface area contributed by atoms with Crippen LogP contribution in [0.3, 0.4) is 0 Å². The van der Waals surface area contributed by atoms with Crippen LogP contribution < -0.4 is 4.90 Å². The second kappa shape index (κ2) is 8.58. The Balaban J connectivity index is 1.64. The first-order valence-electron chi connectivity index (χ1n) is 11.4. The molecule has 5 nitrogen and oxygen atoms in total. The van der Waals surface area contributed by atoms with E-state index in [4.69, 9.17) is 4.74 Å². The zero-order chi connectivity index (χ0) is 22.8. The number of nitrogens with zero attached hydrogens (tertiary/aromatic N) is 1. The van der Waals surface area contributed by atoms with Crippen molar-refractivity contribution in [1.29, 1.82) is 0 Å². The summed E-state index contributed by atoms with van der Waals surface area (Å²) < 4.78 is 6.21. The number of nitrogens with one attached hydrogen (secondary N) is 1.